The maximum Gasteiger partial charge on any atom is 0.228 e. The van der Waals surface area contributed by atoms with Gasteiger partial charge in [-0.25, -0.2) is 9.37 Å². The van der Waals surface area contributed by atoms with Gasteiger partial charge in [0.05, 0.1) is 17.9 Å². The van der Waals surface area contributed by atoms with E-state index in [1.165, 1.54) is 6.20 Å². The van der Waals surface area contributed by atoms with Gasteiger partial charge < -0.3 is 14.7 Å². The minimum absolute atomic E-state index is 0.0801. The van der Waals surface area contributed by atoms with E-state index in [0.717, 1.165) is 37.2 Å². The predicted octanol–water partition coefficient (Wildman–Crippen LogP) is 4.04. The lowest BCUT2D eigenvalue weighted by Crippen LogP contribution is -2.24. The molecular formula is C21H21FN8O. The Morgan fingerprint density at radius 3 is 3.00 bits per heavy atom. The number of aryl methyl sites for hydroxylation is 1. The molecule has 0 bridgehead atoms. The number of rotatable bonds is 6. The van der Waals surface area contributed by atoms with Gasteiger partial charge in [-0.15, -0.1) is 0 Å². The Morgan fingerprint density at radius 2 is 2.19 bits per heavy atom. The molecule has 0 radical (unpaired) electrons. The first-order chi connectivity index (χ1) is 15.2. The Morgan fingerprint density at radius 1 is 1.26 bits per heavy atom. The fourth-order valence-electron chi connectivity index (χ4n) is 3.70. The van der Waals surface area contributed by atoms with Crippen LogP contribution in [0.5, 0.6) is 0 Å². The summed E-state index contributed by atoms with van der Waals surface area (Å²) in [5, 5.41) is 14.1. The van der Waals surface area contributed by atoms with E-state index in [1.807, 2.05) is 42.2 Å². The number of nitrogens with one attached hydrogen (secondary N) is 2. The molecule has 158 valence electrons. The molecule has 10 heteroatoms. The molecule has 9 nitrogen and oxygen atoms in total. The molecule has 0 saturated carbocycles. The highest BCUT2D eigenvalue weighted by atomic mass is 19.1. The van der Waals surface area contributed by atoms with Gasteiger partial charge in [0.15, 0.2) is 23.2 Å². The molecule has 0 aliphatic carbocycles. The third kappa shape index (κ3) is 3.83. The maximum atomic E-state index is 14.4. The fraction of sp³-hybridized carbons (Fsp3) is 0.286. The predicted molar refractivity (Wildman–Crippen MR) is 112 cm³/mol. The normalized spacial score (nSPS) is 16.1. The van der Waals surface area contributed by atoms with Crippen LogP contribution >= 0.6 is 0 Å². The summed E-state index contributed by atoms with van der Waals surface area (Å²) in [6, 6.07) is 9.28. The van der Waals surface area contributed by atoms with E-state index >= 15 is 0 Å². The molecule has 2 N–H and O–H groups in total. The van der Waals surface area contributed by atoms with Crippen molar-refractivity contribution in [2.24, 2.45) is 0 Å². The lowest BCUT2D eigenvalue weighted by molar-refractivity contribution is 0.362. The Balaban J connectivity index is 1.40. The number of nitrogens with zero attached hydrogens (tertiary/aromatic N) is 6. The quantitative estimate of drug-likeness (QED) is 0.481. The zero-order valence-corrected chi connectivity index (χ0v) is 16.9. The van der Waals surface area contributed by atoms with Crippen molar-refractivity contribution in [3.63, 3.8) is 0 Å². The molecule has 1 aliphatic heterocycles. The SMILES string of the molecule is CCc1cc(Nc2nc(N3CCCC3c3cc(-c4ccccn4)no3)ncc2F)n[nH]1. The molecule has 0 amide bonds. The van der Waals surface area contributed by atoms with Crippen molar-refractivity contribution in [2.75, 3.05) is 16.8 Å². The van der Waals surface area contributed by atoms with Crippen LogP contribution in [0.15, 0.2) is 47.2 Å². The molecule has 1 unspecified atom stereocenters. The van der Waals surface area contributed by atoms with Crippen LogP contribution in [0.4, 0.5) is 22.0 Å². The van der Waals surface area contributed by atoms with Crippen molar-refractivity contribution in [1.82, 2.24) is 30.3 Å². The van der Waals surface area contributed by atoms with Crippen molar-refractivity contribution in [1.29, 1.82) is 0 Å². The second-order valence-corrected chi connectivity index (χ2v) is 7.30. The molecule has 1 saturated heterocycles. The number of hydrogen-bond donors (Lipinski definition) is 2. The van der Waals surface area contributed by atoms with Gasteiger partial charge in [0.1, 0.15) is 5.69 Å². The van der Waals surface area contributed by atoms with Crippen LogP contribution in [0.2, 0.25) is 0 Å². The fourth-order valence-corrected chi connectivity index (χ4v) is 3.70. The van der Waals surface area contributed by atoms with Crippen LogP contribution in [-0.4, -0.2) is 36.9 Å². The largest absolute Gasteiger partial charge is 0.358 e. The summed E-state index contributed by atoms with van der Waals surface area (Å²) in [7, 11) is 0. The van der Waals surface area contributed by atoms with Crippen molar-refractivity contribution in [3.05, 3.63) is 60.0 Å². The summed E-state index contributed by atoms with van der Waals surface area (Å²) in [5.41, 5.74) is 2.37. The lowest BCUT2D eigenvalue weighted by Gasteiger charge is -2.22. The molecule has 5 heterocycles. The molecule has 1 fully saturated rings. The van der Waals surface area contributed by atoms with Crippen LogP contribution in [-0.2, 0) is 6.42 Å². The van der Waals surface area contributed by atoms with Crippen LogP contribution in [0.1, 0.15) is 37.3 Å². The lowest BCUT2D eigenvalue weighted by atomic mass is 10.1. The minimum atomic E-state index is -0.544. The molecule has 4 aromatic rings. The zero-order chi connectivity index (χ0) is 21.2. The van der Waals surface area contributed by atoms with E-state index < -0.39 is 5.82 Å². The third-order valence-corrected chi connectivity index (χ3v) is 5.28. The topological polar surface area (TPSA) is 109 Å². The average Bonchev–Trinajstić information content (AvgIpc) is 3.56. The average molecular weight is 420 g/mol. The monoisotopic (exact) mass is 420 g/mol. The Kier molecular flexibility index (Phi) is 5.03. The molecule has 31 heavy (non-hydrogen) atoms. The van der Waals surface area contributed by atoms with E-state index in [1.54, 1.807) is 6.20 Å². The highest BCUT2D eigenvalue weighted by molar-refractivity contribution is 5.56. The molecule has 0 spiro atoms. The smallest absolute Gasteiger partial charge is 0.228 e. The molecular weight excluding hydrogens is 399 g/mol. The molecule has 4 aromatic heterocycles. The third-order valence-electron chi connectivity index (χ3n) is 5.28. The summed E-state index contributed by atoms with van der Waals surface area (Å²) >= 11 is 0. The van der Waals surface area contributed by atoms with Gasteiger partial charge in [-0.05, 0) is 31.4 Å². The van der Waals surface area contributed by atoms with Crippen molar-refractivity contribution < 1.29 is 8.91 Å². The van der Waals surface area contributed by atoms with Gasteiger partial charge in [0.25, 0.3) is 0 Å². The van der Waals surface area contributed by atoms with Crippen molar-refractivity contribution in [3.8, 4) is 11.4 Å². The molecule has 0 aromatic carbocycles. The summed E-state index contributed by atoms with van der Waals surface area (Å²) in [4.78, 5) is 15.0. The van der Waals surface area contributed by atoms with Gasteiger partial charge in [0, 0.05) is 30.6 Å². The summed E-state index contributed by atoms with van der Waals surface area (Å²) in [6.45, 7) is 2.74. The highest BCUT2D eigenvalue weighted by Gasteiger charge is 2.32. The van der Waals surface area contributed by atoms with Crippen molar-refractivity contribution >= 4 is 17.6 Å². The van der Waals surface area contributed by atoms with E-state index in [2.05, 4.69) is 35.6 Å². The number of aromatic nitrogens is 6. The highest BCUT2D eigenvalue weighted by Crippen LogP contribution is 2.36. The van der Waals surface area contributed by atoms with Gasteiger partial charge in [-0.3, -0.25) is 10.1 Å². The van der Waals surface area contributed by atoms with Gasteiger partial charge in [-0.1, -0.05) is 18.1 Å². The first-order valence-electron chi connectivity index (χ1n) is 10.2. The number of anilines is 3. The summed E-state index contributed by atoms with van der Waals surface area (Å²) < 4.78 is 20.0. The van der Waals surface area contributed by atoms with Crippen LogP contribution in [0.25, 0.3) is 11.4 Å². The summed E-state index contributed by atoms with van der Waals surface area (Å²) in [5.74, 6) is 1.18. The van der Waals surface area contributed by atoms with E-state index in [9.17, 15) is 4.39 Å². The van der Waals surface area contributed by atoms with Gasteiger partial charge >= 0.3 is 0 Å². The van der Waals surface area contributed by atoms with Gasteiger partial charge in [-0.2, -0.15) is 10.1 Å². The van der Waals surface area contributed by atoms with Crippen LogP contribution < -0.4 is 10.2 Å². The molecule has 1 atom stereocenters. The molecule has 1 aliphatic rings. The Labute approximate surface area is 177 Å². The number of halogens is 1. The maximum absolute atomic E-state index is 14.4. The number of pyridine rings is 1. The number of aromatic amines is 1. The Hall–Kier alpha value is -3.82. The van der Waals surface area contributed by atoms with Crippen molar-refractivity contribution in [2.45, 2.75) is 32.2 Å². The zero-order valence-electron chi connectivity index (χ0n) is 16.9. The van der Waals surface area contributed by atoms with Gasteiger partial charge in [0.2, 0.25) is 5.95 Å². The standard InChI is InChI=1S/C21H21FN8O/c1-2-13-10-19(28-27-13)25-20-14(22)12-24-21(26-20)30-9-5-7-17(30)18-11-16(29-31-18)15-6-3-4-8-23-15/h3-4,6,8,10-12,17H,2,5,7,9H2,1H3,(H2,24,25,26,27,28). The van der Waals surface area contributed by atoms with E-state index in [4.69, 9.17) is 4.52 Å². The molecule has 5 rings (SSSR count). The first-order valence-corrected chi connectivity index (χ1v) is 10.2. The second-order valence-electron chi connectivity index (χ2n) is 7.30. The van der Waals surface area contributed by atoms with E-state index in [-0.39, 0.29) is 11.9 Å². The second kappa shape index (κ2) is 8.13. The minimum Gasteiger partial charge on any atom is -0.358 e. The number of H-pyrrole nitrogens is 1. The first kappa shape index (κ1) is 19.2. The Bertz CT molecular complexity index is 1180. The number of hydrogen-bond acceptors (Lipinski definition) is 8. The van der Waals surface area contributed by atoms with Crippen LogP contribution in [0, 0.1) is 5.82 Å². The van der Waals surface area contributed by atoms with E-state index in [0.29, 0.717) is 23.2 Å². The van der Waals surface area contributed by atoms with Crippen LogP contribution in [0.3, 0.4) is 0 Å². The summed E-state index contributed by atoms with van der Waals surface area (Å²) in [6.07, 6.45) is 5.49.